The van der Waals surface area contributed by atoms with E-state index in [1.165, 1.54) is 17.5 Å². The molecule has 2 aromatic heterocycles. The molecule has 128 valence electrons. The maximum absolute atomic E-state index is 13.2. The van der Waals surface area contributed by atoms with Gasteiger partial charge in [0.1, 0.15) is 0 Å². The number of carbonyl (C=O) groups is 1. The molecule has 1 aliphatic heterocycles. The van der Waals surface area contributed by atoms with Gasteiger partial charge in [0.25, 0.3) is 5.91 Å². The number of amides is 1. The molecule has 25 heavy (non-hydrogen) atoms. The fourth-order valence-corrected chi connectivity index (χ4v) is 4.17. The summed E-state index contributed by atoms with van der Waals surface area (Å²) in [4.78, 5) is 21.2. The highest BCUT2D eigenvalue weighted by Crippen LogP contribution is 2.30. The minimum absolute atomic E-state index is 0.146. The molecule has 1 aliphatic rings. The van der Waals surface area contributed by atoms with Crippen molar-refractivity contribution in [2.45, 2.75) is 33.1 Å². The van der Waals surface area contributed by atoms with Gasteiger partial charge in [-0.1, -0.05) is 6.07 Å². The Morgan fingerprint density at radius 2 is 1.84 bits per heavy atom. The van der Waals surface area contributed by atoms with Gasteiger partial charge in [0.05, 0.1) is 21.7 Å². The molecular weight excluding hydrogens is 328 g/mol. The molecule has 3 aromatic rings. The van der Waals surface area contributed by atoms with E-state index in [4.69, 9.17) is 4.98 Å². The van der Waals surface area contributed by atoms with Crippen LogP contribution < -0.4 is 0 Å². The standard InChI is InChI=1S/C21H22N2OS/c1-14-11-16-17(21(24)23-8-4-3-5-9-23)13-19(20-7-6-10-25-20)22-18(16)12-15(14)2/h6-7,10-13H,3-5,8-9H2,1-2H3. The first-order chi connectivity index (χ1) is 12.1. The van der Waals surface area contributed by atoms with Gasteiger partial charge in [-0.05, 0) is 73.9 Å². The van der Waals surface area contributed by atoms with Crippen molar-refractivity contribution in [3.05, 3.63) is 52.4 Å². The number of benzene rings is 1. The predicted octanol–water partition coefficient (Wildman–Crippen LogP) is 5.21. The molecule has 4 heteroatoms. The first kappa shape index (κ1) is 16.3. The Morgan fingerprint density at radius 3 is 2.56 bits per heavy atom. The van der Waals surface area contributed by atoms with Gasteiger partial charge in [-0.3, -0.25) is 4.79 Å². The number of thiophene rings is 1. The van der Waals surface area contributed by atoms with Crippen LogP contribution in [0.25, 0.3) is 21.5 Å². The van der Waals surface area contributed by atoms with Crippen LogP contribution in [0.1, 0.15) is 40.7 Å². The zero-order valence-electron chi connectivity index (χ0n) is 14.7. The lowest BCUT2D eigenvalue weighted by Crippen LogP contribution is -2.35. The molecule has 0 aliphatic carbocycles. The summed E-state index contributed by atoms with van der Waals surface area (Å²) in [6.07, 6.45) is 3.43. The monoisotopic (exact) mass is 350 g/mol. The Balaban J connectivity index is 1.90. The molecule has 0 atom stereocenters. The lowest BCUT2D eigenvalue weighted by molar-refractivity contribution is 0.0726. The number of aromatic nitrogens is 1. The van der Waals surface area contributed by atoms with Crippen LogP contribution in [0, 0.1) is 13.8 Å². The quantitative estimate of drug-likeness (QED) is 0.636. The smallest absolute Gasteiger partial charge is 0.254 e. The number of rotatable bonds is 2. The number of nitrogens with zero attached hydrogens (tertiary/aromatic N) is 2. The summed E-state index contributed by atoms with van der Waals surface area (Å²) >= 11 is 1.66. The molecule has 0 unspecified atom stereocenters. The topological polar surface area (TPSA) is 33.2 Å². The Hall–Kier alpha value is -2.20. The van der Waals surface area contributed by atoms with Crippen LogP contribution in [-0.4, -0.2) is 28.9 Å². The number of hydrogen-bond acceptors (Lipinski definition) is 3. The van der Waals surface area contributed by atoms with Crippen LogP contribution in [0.2, 0.25) is 0 Å². The molecule has 0 bridgehead atoms. The third-order valence-corrected chi connectivity index (χ3v) is 5.96. The number of likely N-dealkylation sites (tertiary alicyclic amines) is 1. The number of aryl methyl sites for hydroxylation is 2. The molecule has 1 fully saturated rings. The van der Waals surface area contributed by atoms with Gasteiger partial charge in [0.15, 0.2) is 0 Å². The second kappa shape index (κ2) is 6.60. The van der Waals surface area contributed by atoms with Crippen molar-refractivity contribution in [3.8, 4) is 10.6 Å². The van der Waals surface area contributed by atoms with Crippen molar-refractivity contribution in [2.75, 3.05) is 13.1 Å². The molecule has 0 N–H and O–H groups in total. The summed E-state index contributed by atoms with van der Waals surface area (Å²) < 4.78 is 0. The minimum atomic E-state index is 0.146. The van der Waals surface area contributed by atoms with E-state index in [9.17, 15) is 4.79 Å². The summed E-state index contributed by atoms with van der Waals surface area (Å²) in [5.74, 6) is 0.146. The summed E-state index contributed by atoms with van der Waals surface area (Å²) in [5.41, 5.74) is 5.00. The Kier molecular flexibility index (Phi) is 4.30. The maximum atomic E-state index is 13.2. The zero-order valence-corrected chi connectivity index (χ0v) is 15.5. The lowest BCUT2D eigenvalue weighted by Gasteiger charge is -2.27. The number of hydrogen-bond donors (Lipinski definition) is 0. The number of carbonyl (C=O) groups excluding carboxylic acids is 1. The van der Waals surface area contributed by atoms with Crippen LogP contribution in [0.15, 0.2) is 35.7 Å². The molecule has 3 nitrogen and oxygen atoms in total. The lowest BCUT2D eigenvalue weighted by atomic mass is 10.00. The van der Waals surface area contributed by atoms with Crippen molar-refractivity contribution in [1.29, 1.82) is 0 Å². The van der Waals surface area contributed by atoms with E-state index in [0.717, 1.165) is 53.0 Å². The first-order valence-electron chi connectivity index (χ1n) is 8.88. The molecule has 1 saturated heterocycles. The van der Waals surface area contributed by atoms with Crippen molar-refractivity contribution < 1.29 is 4.79 Å². The Bertz CT molecular complexity index is 925. The van der Waals surface area contributed by atoms with E-state index in [1.807, 2.05) is 22.4 Å². The second-order valence-electron chi connectivity index (χ2n) is 6.84. The van der Waals surface area contributed by atoms with E-state index in [-0.39, 0.29) is 5.91 Å². The molecule has 0 spiro atoms. The Morgan fingerprint density at radius 1 is 1.08 bits per heavy atom. The third-order valence-electron chi connectivity index (χ3n) is 5.07. The average molecular weight is 350 g/mol. The molecule has 0 radical (unpaired) electrons. The van der Waals surface area contributed by atoms with Crippen LogP contribution in [-0.2, 0) is 0 Å². The highest BCUT2D eigenvalue weighted by atomic mass is 32.1. The third kappa shape index (κ3) is 3.07. The van der Waals surface area contributed by atoms with Crippen LogP contribution >= 0.6 is 11.3 Å². The van der Waals surface area contributed by atoms with Gasteiger partial charge >= 0.3 is 0 Å². The Labute approximate surface area is 152 Å². The molecule has 1 amide bonds. The van der Waals surface area contributed by atoms with Gasteiger partial charge in [-0.25, -0.2) is 4.98 Å². The largest absolute Gasteiger partial charge is 0.339 e. The second-order valence-corrected chi connectivity index (χ2v) is 7.79. The normalized spacial score (nSPS) is 14.9. The number of piperidine rings is 1. The van der Waals surface area contributed by atoms with Gasteiger partial charge in [-0.15, -0.1) is 11.3 Å². The SMILES string of the molecule is Cc1cc2nc(-c3cccs3)cc(C(=O)N3CCCCC3)c2cc1C. The van der Waals surface area contributed by atoms with Crippen molar-refractivity contribution in [3.63, 3.8) is 0 Å². The molecule has 3 heterocycles. The molecule has 0 saturated carbocycles. The van der Waals surface area contributed by atoms with Gasteiger partial charge < -0.3 is 4.90 Å². The van der Waals surface area contributed by atoms with Gasteiger partial charge in [0, 0.05) is 18.5 Å². The highest BCUT2D eigenvalue weighted by Gasteiger charge is 2.22. The molecular formula is C21H22N2OS. The van der Waals surface area contributed by atoms with Crippen LogP contribution in [0.3, 0.4) is 0 Å². The molecule has 1 aromatic carbocycles. The summed E-state index contributed by atoms with van der Waals surface area (Å²) in [6, 6.07) is 10.3. The van der Waals surface area contributed by atoms with E-state index < -0.39 is 0 Å². The van der Waals surface area contributed by atoms with Crippen molar-refractivity contribution in [2.24, 2.45) is 0 Å². The van der Waals surface area contributed by atoms with E-state index in [2.05, 4.69) is 32.0 Å². The van der Waals surface area contributed by atoms with Crippen molar-refractivity contribution in [1.82, 2.24) is 9.88 Å². The highest BCUT2D eigenvalue weighted by molar-refractivity contribution is 7.13. The first-order valence-corrected chi connectivity index (χ1v) is 9.76. The minimum Gasteiger partial charge on any atom is -0.339 e. The van der Waals surface area contributed by atoms with Crippen LogP contribution in [0.5, 0.6) is 0 Å². The van der Waals surface area contributed by atoms with E-state index >= 15 is 0 Å². The van der Waals surface area contributed by atoms with Gasteiger partial charge in [-0.2, -0.15) is 0 Å². The maximum Gasteiger partial charge on any atom is 0.254 e. The number of pyridine rings is 1. The van der Waals surface area contributed by atoms with E-state index in [1.54, 1.807) is 11.3 Å². The number of fused-ring (bicyclic) bond motifs is 1. The van der Waals surface area contributed by atoms with Crippen molar-refractivity contribution >= 4 is 28.1 Å². The summed E-state index contributed by atoms with van der Waals surface area (Å²) in [5, 5.41) is 3.02. The van der Waals surface area contributed by atoms with Gasteiger partial charge in [0.2, 0.25) is 0 Å². The molecule has 4 rings (SSSR count). The average Bonchev–Trinajstić information content (AvgIpc) is 3.17. The predicted molar refractivity (Wildman–Crippen MR) is 104 cm³/mol. The zero-order chi connectivity index (χ0) is 17.4. The fourth-order valence-electron chi connectivity index (χ4n) is 3.48. The van der Waals surface area contributed by atoms with E-state index in [0.29, 0.717) is 0 Å². The summed E-state index contributed by atoms with van der Waals surface area (Å²) in [7, 11) is 0. The summed E-state index contributed by atoms with van der Waals surface area (Å²) in [6.45, 7) is 5.92. The fraction of sp³-hybridized carbons (Fsp3) is 0.333. The van der Waals surface area contributed by atoms with Crippen LogP contribution in [0.4, 0.5) is 0 Å².